The number of carbonyl (C=O) groups excluding carboxylic acids is 1. The van der Waals surface area contributed by atoms with E-state index in [4.69, 9.17) is 5.73 Å². The fourth-order valence-electron chi connectivity index (χ4n) is 3.80. The van der Waals surface area contributed by atoms with Crippen molar-refractivity contribution in [3.63, 3.8) is 0 Å². The van der Waals surface area contributed by atoms with Crippen LogP contribution in [0, 0.1) is 11.8 Å². The molecule has 4 N–H and O–H groups in total. The molecule has 1 aliphatic heterocycles. The Bertz CT molecular complexity index is 555. The number of rotatable bonds is 3. The number of aryl methyl sites for hydroxylation is 1. The van der Waals surface area contributed by atoms with Crippen molar-refractivity contribution in [3.05, 3.63) is 17.7 Å². The number of anilines is 3. The summed E-state index contributed by atoms with van der Waals surface area (Å²) in [4.78, 5) is 11.5. The first-order chi connectivity index (χ1) is 10.1. The summed E-state index contributed by atoms with van der Waals surface area (Å²) in [6.45, 7) is 4.60. The minimum atomic E-state index is 0.0958. The van der Waals surface area contributed by atoms with Crippen LogP contribution in [0.2, 0.25) is 0 Å². The molecule has 4 nitrogen and oxygen atoms in total. The molecule has 3 atom stereocenters. The highest BCUT2D eigenvalue weighted by atomic mass is 16.1. The Kier molecular flexibility index (Phi) is 3.79. The van der Waals surface area contributed by atoms with Crippen LogP contribution in [0.25, 0.3) is 0 Å². The Balaban J connectivity index is 1.80. The van der Waals surface area contributed by atoms with Crippen LogP contribution in [0.5, 0.6) is 0 Å². The molecule has 1 aromatic rings. The first-order valence-electron chi connectivity index (χ1n) is 8.07. The highest BCUT2D eigenvalue weighted by Gasteiger charge is 2.31. The molecule has 4 heteroatoms. The van der Waals surface area contributed by atoms with Gasteiger partial charge in [0.15, 0.2) is 0 Å². The van der Waals surface area contributed by atoms with Gasteiger partial charge in [-0.25, -0.2) is 0 Å². The summed E-state index contributed by atoms with van der Waals surface area (Å²) in [5.74, 6) is 1.57. The minimum Gasteiger partial charge on any atom is -0.397 e. The van der Waals surface area contributed by atoms with Crippen molar-refractivity contribution < 1.29 is 4.79 Å². The Morgan fingerprint density at radius 1 is 1.33 bits per heavy atom. The lowest BCUT2D eigenvalue weighted by Gasteiger charge is -2.25. The fourth-order valence-corrected chi connectivity index (χ4v) is 3.80. The fraction of sp³-hybridized carbons (Fsp3) is 0.588. The highest BCUT2D eigenvalue weighted by Crippen LogP contribution is 2.38. The Labute approximate surface area is 126 Å². The minimum absolute atomic E-state index is 0.0958. The van der Waals surface area contributed by atoms with E-state index in [9.17, 15) is 4.79 Å². The Hall–Kier alpha value is -1.71. The average Bonchev–Trinajstić information content (AvgIpc) is 2.81. The molecular formula is C17H25N3O. The quantitative estimate of drug-likeness (QED) is 0.746. The number of nitrogens with two attached hydrogens (primary N) is 1. The molecule has 114 valence electrons. The van der Waals surface area contributed by atoms with E-state index in [1.54, 1.807) is 0 Å². The predicted octanol–water partition coefficient (Wildman–Crippen LogP) is 3.39. The zero-order valence-electron chi connectivity index (χ0n) is 12.9. The van der Waals surface area contributed by atoms with Crippen molar-refractivity contribution in [1.29, 1.82) is 0 Å². The van der Waals surface area contributed by atoms with E-state index >= 15 is 0 Å². The summed E-state index contributed by atoms with van der Waals surface area (Å²) in [7, 11) is 0. The molecule has 0 spiro atoms. The topological polar surface area (TPSA) is 67.1 Å². The van der Waals surface area contributed by atoms with Crippen LogP contribution < -0.4 is 16.4 Å². The molecule has 1 amide bonds. The predicted molar refractivity (Wildman–Crippen MR) is 87.4 cm³/mol. The van der Waals surface area contributed by atoms with Gasteiger partial charge in [-0.05, 0) is 48.8 Å². The zero-order chi connectivity index (χ0) is 15.0. The Morgan fingerprint density at radius 3 is 2.86 bits per heavy atom. The van der Waals surface area contributed by atoms with Crippen molar-refractivity contribution in [2.75, 3.05) is 16.4 Å². The van der Waals surface area contributed by atoms with E-state index in [1.807, 2.05) is 12.1 Å². The number of carbonyl (C=O) groups is 1. The maximum Gasteiger partial charge on any atom is 0.224 e. The molecule has 0 aromatic heterocycles. The van der Waals surface area contributed by atoms with E-state index in [0.29, 0.717) is 18.4 Å². The summed E-state index contributed by atoms with van der Waals surface area (Å²) >= 11 is 0. The van der Waals surface area contributed by atoms with E-state index < -0.39 is 0 Å². The lowest BCUT2D eigenvalue weighted by molar-refractivity contribution is -0.116. The summed E-state index contributed by atoms with van der Waals surface area (Å²) in [5, 5.41) is 6.56. The van der Waals surface area contributed by atoms with Crippen molar-refractivity contribution >= 4 is 23.0 Å². The summed E-state index contributed by atoms with van der Waals surface area (Å²) < 4.78 is 0. The van der Waals surface area contributed by atoms with Gasteiger partial charge < -0.3 is 16.4 Å². The number of nitrogen functional groups attached to an aromatic ring is 1. The normalized spacial score (nSPS) is 28.1. The molecule has 0 bridgehead atoms. The first-order valence-corrected chi connectivity index (χ1v) is 8.07. The highest BCUT2D eigenvalue weighted by molar-refractivity contribution is 5.95. The van der Waals surface area contributed by atoms with Crippen molar-refractivity contribution in [3.8, 4) is 0 Å². The molecule has 3 rings (SSSR count). The third-order valence-electron chi connectivity index (χ3n) is 5.26. The van der Waals surface area contributed by atoms with E-state index in [0.717, 1.165) is 35.0 Å². The van der Waals surface area contributed by atoms with E-state index in [1.165, 1.54) is 19.3 Å². The molecule has 1 aromatic carbocycles. The molecule has 2 aliphatic rings. The number of nitrogens with one attached hydrogen (secondary N) is 2. The van der Waals surface area contributed by atoms with Crippen LogP contribution in [0.1, 0.15) is 45.1 Å². The molecule has 21 heavy (non-hydrogen) atoms. The van der Waals surface area contributed by atoms with Gasteiger partial charge >= 0.3 is 0 Å². The number of benzene rings is 1. The van der Waals surface area contributed by atoms with Gasteiger partial charge in [0, 0.05) is 18.2 Å². The number of hydrogen-bond donors (Lipinski definition) is 3. The third-order valence-corrected chi connectivity index (χ3v) is 5.26. The summed E-state index contributed by atoms with van der Waals surface area (Å²) in [6.07, 6.45) is 5.06. The molecule has 3 unspecified atom stereocenters. The lowest BCUT2D eigenvalue weighted by atomic mass is 9.93. The van der Waals surface area contributed by atoms with Gasteiger partial charge in [-0.1, -0.05) is 20.3 Å². The smallest absolute Gasteiger partial charge is 0.224 e. The van der Waals surface area contributed by atoms with Crippen molar-refractivity contribution in [1.82, 2.24) is 0 Å². The zero-order valence-corrected chi connectivity index (χ0v) is 12.9. The van der Waals surface area contributed by atoms with E-state index in [-0.39, 0.29) is 5.91 Å². The molecule has 1 fully saturated rings. The van der Waals surface area contributed by atoms with Crippen LogP contribution in [0.4, 0.5) is 17.1 Å². The average molecular weight is 287 g/mol. The van der Waals surface area contributed by atoms with Crippen molar-refractivity contribution in [2.45, 2.75) is 52.0 Å². The van der Waals surface area contributed by atoms with E-state index in [2.05, 4.69) is 24.5 Å². The van der Waals surface area contributed by atoms with Crippen LogP contribution in [0.15, 0.2) is 12.1 Å². The molecule has 1 aliphatic carbocycles. The van der Waals surface area contributed by atoms with Gasteiger partial charge in [0.2, 0.25) is 5.91 Å². The molecular weight excluding hydrogens is 262 g/mol. The van der Waals surface area contributed by atoms with Gasteiger partial charge in [-0.3, -0.25) is 4.79 Å². The maximum absolute atomic E-state index is 11.5. The lowest BCUT2D eigenvalue weighted by Crippen LogP contribution is -2.26. The third kappa shape index (κ3) is 2.71. The van der Waals surface area contributed by atoms with Gasteiger partial charge in [0.1, 0.15) is 0 Å². The second kappa shape index (κ2) is 5.58. The molecule has 0 saturated heterocycles. The summed E-state index contributed by atoms with van der Waals surface area (Å²) in [6, 6.07) is 4.50. The van der Waals surface area contributed by atoms with Crippen LogP contribution in [-0.4, -0.2) is 11.9 Å². The largest absolute Gasteiger partial charge is 0.397 e. The van der Waals surface area contributed by atoms with Gasteiger partial charge in [-0.2, -0.15) is 0 Å². The van der Waals surface area contributed by atoms with Gasteiger partial charge in [0.05, 0.1) is 11.4 Å². The van der Waals surface area contributed by atoms with Gasteiger partial charge in [0.25, 0.3) is 0 Å². The number of fused-ring (bicyclic) bond motifs is 1. The van der Waals surface area contributed by atoms with Crippen LogP contribution in [0.3, 0.4) is 0 Å². The second-order valence-electron chi connectivity index (χ2n) is 6.50. The maximum atomic E-state index is 11.5. The van der Waals surface area contributed by atoms with Crippen LogP contribution in [-0.2, 0) is 11.2 Å². The Morgan fingerprint density at radius 2 is 2.14 bits per heavy atom. The molecule has 1 heterocycles. The second-order valence-corrected chi connectivity index (χ2v) is 6.50. The standard InChI is InChI=1S/C17H25N3O/c1-3-11-4-6-14(10(11)2)19-16-9-15-12(8-13(16)18)5-7-17(21)20-15/h8-11,14,19H,3-7,18H2,1-2H3,(H,20,21). The van der Waals surface area contributed by atoms with Crippen LogP contribution >= 0.6 is 0 Å². The van der Waals surface area contributed by atoms with Gasteiger partial charge in [-0.15, -0.1) is 0 Å². The van der Waals surface area contributed by atoms with Crippen molar-refractivity contribution in [2.24, 2.45) is 11.8 Å². The first kappa shape index (κ1) is 14.2. The number of hydrogen-bond acceptors (Lipinski definition) is 3. The summed E-state index contributed by atoms with van der Waals surface area (Å²) in [5.41, 5.74) is 10.0. The SMILES string of the molecule is CCC1CCC(Nc2cc3c(cc2N)CCC(=O)N3)C1C. The monoisotopic (exact) mass is 287 g/mol. The molecule has 1 saturated carbocycles. The molecule has 0 radical (unpaired) electrons. The number of amides is 1.